The van der Waals surface area contributed by atoms with Crippen LogP contribution in [0.5, 0.6) is 0 Å². The van der Waals surface area contributed by atoms with Gasteiger partial charge in [-0.3, -0.25) is 4.79 Å². The average Bonchev–Trinajstić information content (AvgIpc) is 3.34. The van der Waals surface area contributed by atoms with Crippen LogP contribution >= 0.6 is 23.4 Å². The fourth-order valence-corrected chi connectivity index (χ4v) is 6.24. The summed E-state index contributed by atoms with van der Waals surface area (Å²) >= 11 is 7.10. The highest BCUT2D eigenvalue weighted by molar-refractivity contribution is 7.99. The minimum absolute atomic E-state index is 0.0121. The van der Waals surface area contributed by atoms with Gasteiger partial charge in [0.25, 0.3) is 0 Å². The number of benzene rings is 1. The highest BCUT2D eigenvalue weighted by atomic mass is 35.5. The third-order valence-electron chi connectivity index (χ3n) is 7.09. The quantitative estimate of drug-likeness (QED) is 0.203. The maximum atomic E-state index is 13.0. The van der Waals surface area contributed by atoms with Crippen molar-refractivity contribution < 1.29 is 39.5 Å². The van der Waals surface area contributed by atoms with Crippen molar-refractivity contribution in [2.24, 2.45) is 11.8 Å². The predicted molar refractivity (Wildman–Crippen MR) is 140 cm³/mol. The van der Waals surface area contributed by atoms with Gasteiger partial charge in [-0.15, -0.1) is 11.8 Å². The molecule has 0 radical (unpaired) electrons. The standard InChI is InChI=1S/C26H38ClNO8S/c1-3-6-15-9-10-16(13-15)24(33)28-19(14(2)29)23-21(31)20(30)22(32)26(36-23)37-12-11-35-25(34)17-7-4-5-8-18(17)27/h4-5,7-8,14-16,19-23,26,29-32H,3,6,9-13H2,1-2H3,(H,28,33)/t14-,15+,16+,19-,20+,21-,22-,23-,26-/m1/s1. The number of aliphatic hydroxyl groups is 4. The van der Waals surface area contributed by atoms with Gasteiger partial charge in [-0.2, -0.15) is 0 Å². The van der Waals surface area contributed by atoms with Crippen LogP contribution in [0.25, 0.3) is 0 Å². The first-order valence-electron chi connectivity index (χ1n) is 12.8. The maximum absolute atomic E-state index is 13.0. The van der Waals surface area contributed by atoms with E-state index < -0.39 is 48.0 Å². The molecule has 1 saturated heterocycles. The summed E-state index contributed by atoms with van der Waals surface area (Å²) in [5.74, 6) is -0.245. The molecule has 2 fully saturated rings. The number of ether oxygens (including phenoxy) is 2. The maximum Gasteiger partial charge on any atom is 0.339 e. The Labute approximate surface area is 226 Å². The number of thioether (sulfide) groups is 1. The highest BCUT2D eigenvalue weighted by Gasteiger charge is 2.48. The third kappa shape index (κ3) is 7.81. The molecular formula is C26H38ClNO8S. The molecule has 37 heavy (non-hydrogen) atoms. The van der Waals surface area contributed by atoms with Gasteiger partial charge in [-0.1, -0.05) is 43.5 Å². The first-order chi connectivity index (χ1) is 17.6. The molecule has 2 aliphatic rings. The lowest BCUT2D eigenvalue weighted by molar-refractivity contribution is -0.211. The summed E-state index contributed by atoms with van der Waals surface area (Å²) in [7, 11) is 0. The number of nitrogens with one attached hydrogen (secondary N) is 1. The second-order valence-electron chi connectivity index (χ2n) is 9.87. The molecule has 3 rings (SSSR count). The Balaban J connectivity index is 1.57. The summed E-state index contributed by atoms with van der Waals surface area (Å²) < 4.78 is 11.1. The van der Waals surface area contributed by atoms with Crippen LogP contribution in [0.2, 0.25) is 5.02 Å². The van der Waals surface area contributed by atoms with Gasteiger partial charge in [0.1, 0.15) is 36.5 Å². The summed E-state index contributed by atoms with van der Waals surface area (Å²) in [5.41, 5.74) is -0.749. The van der Waals surface area contributed by atoms with Crippen LogP contribution in [0, 0.1) is 11.8 Å². The zero-order valence-electron chi connectivity index (χ0n) is 21.2. The minimum atomic E-state index is -1.56. The Kier molecular flexibility index (Phi) is 11.5. The number of carbonyl (C=O) groups is 2. The van der Waals surface area contributed by atoms with Crippen molar-refractivity contribution in [3.8, 4) is 0 Å². The largest absolute Gasteiger partial charge is 0.461 e. The van der Waals surface area contributed by atoms with Crippen molar-refractivity contribution in [1.29, 1.82) is 0 Å². The number of hydrogen-bond donors (Lipinski definition) is 5. The van der Waals surface area contributed by atoms with E-state index in [0.717, 1.165) is 43.9 Å². The van der Waals surface area contributed by atoms with Crippen molar-refractivity contribution in [2.75, 3.05) is 12.4 Å². The van der Waals surface area contributed by atoms with Crippen molar-refractivity contribution >= 4 is 35.2 Å². The van der Waals surface area contributed by atoms with Crippen LogP contribution < -0.4 is 5.32 Å². The first-order valence-corrected chi connectivity index (χ1v) is 14.3. The van der Waals surface area contributed by atoms with Crippen molar-refractivity contribution in [2.45, 2.75) is 87.9 Å². The number of esters is 1. The monoisotopic (exact) mass is 559 g/mol. The molecular weight excluding hydrogens is 522 g/mol. The molecule has 1 aliphatic carbocycles. The van der Waals surface area contributed by atoms with Gasteiger partial charge >= 0.3 is 5.97 Å². The second kappa shape index (κ2) is 14.1. The molecule has 5 N–H and O–H groups in total. The number of halogens is 1. The van der Waals surface area contributed by atoms with Gasteiger partial charge in [0.2, 0.25) is 5.91 Å². The van der Waals surface area contributed by atoms with E-state index in [4.69, 9.17) is 21.1 Å². The molecule has 0 bridgehead atoms. The first kappa shape index (κ1) is 30.1. The van der Waals surface area contributed by atoms with Crippen LogP contribution in [-0.2, 0) is 14.3 Å². The van der Waals surface area contributed by atoms with E-state index >= 15 is 0 Å². The fourth-order valence-electron chi connectivity index (χ4n) is 5.05. The highest BCUT2D eigenvalue weighted by Crippen LogP contribution is 2.35. The van der Waals surface area contributed by atoms with Gasteiger partial charge in [-0.05, 0) is 44.2 Å². The number of amides is 1. The topological polar surface area (TPSA) is 146 Å². The van der Waals surface area contributed by atoms with Crippen LogP contribution in [0.4, 0.5) is 0 Å². The molecule has 0 spiro atoms. The van der Waals surface area contributed by atoms with Crippen molar-refractivity contribution in [3.63, 3.8) is 0 Å². The lowest BCUT2D eigenvalue weighted by Gasteiger charge is -2.44. The zero-order chi connectivity index (χ0) is 27.1. The summed E-state index contributed by atoms with van der Waals surface area (Å²) in [6.45, 7) is 3.58. The second-order valence-corrected chi connectivity index (χ2v) is 11.5. The fraction of sp³-hybridized carbons (Fsp3) is 0.692. The van der Waals surface area contributed by atoms with E-state index in [1.807, 2.05) is 0 Å². The van der Waals surface area contributed by atoms with Crippen LogP contribution in [-0.4, -0.2) is 86.7 Å². The van der Waals surface area contributed by atoms with E-state index in [-0.39, 0.29) is 34.8 Å². The minimum Gasteiger partial charge on any atom is -0.461 e. The molecule has 1 aromatic rings. The number of rotatable bonds is 11. The molecule has 208 valence electrons. The van der Waals surface area contributed by atoms with Gasteiger partial charge in [0.05, 0.1) is 22.7 Å². The van der Waals surface area contributed by atoms with Gasteiger partial charge in [0, 0.05) is 11.7 Å². The Morgan fingerprint density at radius 3 is 2.59 bits per heavy atom. The molecule has 9 atom stereocenters. The molecule has 1 aliphatic heterocycles. The van der Waals surface area contributed by atoms with Gasteiger partial charge < -0.3 is 35.2 Å². The number of aliphatic hydroxyl groups excluding tert-OH is 4. The lowest BCUT2D eigenvalue weighted by atomic mass is 9.91. The SMILES string of the molecule is CCC[C@H]1CC[C@H](C(=O)N[C@@H]([C@H]2O[C@H](SCCOC(=O)c3ccccc3Cl)[C@H](O)[C@@H](O)[C@H]2O)[C@@H](C)O)C1. The normalized spacial score (nSPS) is 31.5. The van der Waals surface area contributed by atoms with E-state index in [9.17, 15) is 30.0 Å². The van der Waals surface area contributed by atoms with E-state index in [1.165, 1.54) is 6.92 Å². The van der Waals surface area contributed by atoms with Crippen LogP contribution in [0.3, 0.4) is 0 Å². The predicted octanol–water partition coefficient (Wildman–Crippen LogP) is 2.12. The Morgan fingerprint density at radius 2 is 1.92 bits per heavy atom. The molecule has 1 amide bonds. The van der Waals surface area contributed by atoms with Crippen molar-refractivity contribution in [3.05, 3.63) is 34.9 Å². The van der Waals surface area contributed by atoms with E-state index in [0.29, 0.717) is 5.92 Å². The summed E-state index contributed by atoms with van der Waals surface area (Å²) in [6, 6.07) is 5.51. The Hall–Kier alpha value is -1.40. The molecule has 0 aromatic heterocycles. The van der Waals surface area contributed by atoms with Crippen molar-refractivity contribution in [1.82, 2.24) is 5.32 Å². The van der Waals surface area contributed by atoms with Crippen LogP contribution in [0.1, 0.15) is 56.3 Å². The smallest absolute Gasteiger partial charge is 0.339 e. The molecule has 1 aromatic carbocycles. The van der Waals surface area contributed by atoms with Crippen LogP contribution in [0.15, 0.2) is 24.3 Å². The molecule has 1 saturated carbocycles. The van der Waals surface area contributed by atoms with E-state index in [1.54, 1.807) is 24.3 Å². The summed E-state index contributed by atoms with van der Waals surface area (Å²) in [4.78, 5) is 25.2. The van der Waals surface area contributed by atoms with Gasteiger partial charge in [-0.25, -0.2) is 4.79 Å². The average molecular weight is 560 g/mol. The molecule has 11 heteroatoms. The van der Waals surface area contributed by atoms with E-state index in [2.05, 4.69) is 12.2 Å². The Bertz CT molecular complexity index is 905. The number of carbonyl (C=O) groups excluding carboxylic acids is 2. The number of hydrogen-bond acceptors (Lipinski definition) is 9. The summed E-state index contributed by atoms with van der Waals surface area (Å²) in [6.07, 6.45) is -2.07. The Morgan fingerprint density at radius 1 is 1.19 bits per heavy atom. The summed E-state index contributed by atoms with van der Waals surface area (Å²) in [5, 5.41) is 45.1. The molecule has 1 heterocycles. The lowest BCUT2D eigenvalue weighted by Crippen LogP contribution is -2.65. The third-order valence-corrected chi connectivity index (χ3v) is 8.54. The molecule has 9 nitrogen and oxygen atoms in total. The molecule has 0 unspecified atom stereocenters. The zero-order valence-corrected chi connectivity index (χ0v) is 22.7. The van der Waals surface area contributed by atoms with Gasteiger partial charge in [0.15, 0.2) is 0 Å².